The predicted octanol–water partition coefficient (Wildman–Crippen LogP) is 1.69. The number of aryl methyl sites for hydroxylation is 1. The van der Waals surface area contributed by atoms with E-state index in [1.54, 1.807) is 18.0 Å². The molecule has 12 heteroatoms. The highest BCUT2D eigenvalue weighted by Crippen LogP contribution is 2.23. The van der Waals surface area contributed by atoms with Crippen LogP contribution in [0.5, 0.6) is 5.75 Å². The van der Waals surface area contributed by atoms with Crippen molar-refractivity contribution in [3.05, 3.63) is 40.2 Å². The number of ether oxygens (including phenoxy) is 2. The van der Waals surface area contributed by atoms with Gasteiger partial charge in [-0.05, 0) is 19.4 Å². The number of anilines is 2. The van der Waals surface area contributed by atoms with Crippen LogP contribution < -0.4 is 21.0 Å². The van der Waals surface area contributed by atoms with Crippen LogP contribution in [0.15, 0.2) is 27.5 Å². The van der Waals surface area contributed by atoms with E-state index in [9.17, 15) is 9.59 Å². The lowest BCUT2D eigenvalue weighted by Gasteiger charge is -2.11. The Morgan fingerprint density at radius 3 is 2.86 bits per heavy atom. The summed E-state index contributed by atoms with van der Waals surface area (Å²) in [5, 5.41) is 18.4. The van der Waals surface area contributed by atoms with Crippen LogP contribution in [0.25, 0.3) is 5.13 Å². The minimum atomic E-state index is -0.764. The van der Waals surface area contributed by atoms with Crippen LogP contribution in [-0.2, 0) is 4.74 Å². The minimum absolute atomic E-state index is 0.00803. The van der Waals surface area contributed by atoms with Gasteiger partial charge in [0.2, 0.25) is 16.0 Å². The standard InChI is InChI=1S/C17H20N6O5S/c1-10-5-7-19-23(10)17-22-21-16(29-17)20-14(24)12-9-11(18-6-4-8-26-2)13(27-3)15(25)28-12/h5,7,9,18H,4,6,8H2,1-3H3,(H,20,21,24). The summed E-state index contributed by atoms with van der Waals surface area (Å²) in [6, 6.07) is 3.23. The normalized spacial score (nSPS) is 10.7. The van der Waals surface area contributed by atoms with Crippen LogP contribution in [0.4, 0.5) is 10.8 Å². The van der Waals surface area contributed by atoms with E-state index in [1.807, 2.05) is 13.0 Å². The molecule has 1 amide bonds. The van der Waals surface area contributed by atoms with Crippen molar-refractivity contribution in [2.75, 3.05) is 38.0 Å². The zero-order valence-corrected chi connectivity index (χ0v) is 16.9. The third-order valence-corrected chi connectivity index (χ3v) is 4.64. The molecule has 3 aromatic rings. The lowest BCUT2D eigenvalue weighted by atomic mass is 10.3. The summed E-state index contributed by atoms with van der Waals surface area (Å²) >= 11 is 1.14. The number of aromatic nitrogens is 4. The first kappa shape index (κ1) is 20.5. The van der Waals surface area contributed by atoms with Crippen LogP contribution >= 0.6 is 11.3 Å². The molecule has 0 saturated carbocycles. The van der Waals surface area contributed by atoms with Gasteiger partial charge in [0.15, 0.2) is 5.76 Å². The molecule has 0 aliphatic rings. The maximum absolute atomic E-state index is 12.5. The number of nitrogens with one attached hydrogen (secondary N) is 2. The van der Waals surface area contributed by atoms with Gasteiger partial charge in [0.05, 0.1) is 12.8 Å². The zero-order valence-electron chi connectivity index (χ0n) is 16.1. The molecule has 2 N–H and O–H groups in total. The molecule has 154 valence electrons. The summed E-state index contributed by atoms with van der Waals surface area (Å²) < 4.78 is 16.8. The molecule has 0 spiro atoms. The summed E-state index contributed by atoms with van der Waals surface area (Å²) in [4.78, 5) is 24.7. The number of nitrogens with zero attached hydrogens (tertiary/aromatic N) is 4. The summed E-state index contributed by atoms with van der Waals surface area (Å²) in [7, 11) is 2.96. The highest BCUT2D eigenvalue weighted by Gasteiger charge is 2.19. The second-order valence-electron chi connectivity index (χ2n) is 5.85. The van der Waals surface area contributed by atoms with Crippen LogP contribution in [0.3, 0.4) is 0 Å². The van der Waals surface area contributed by atoms with Crippen molar-refractivity contribution in [1.82, 2.24) is 20.0 Å². The van der Waals surface area contributed by atoms with E-state index in [-0.39, 0.29) is 16.6 Å². The molecule has 0 radical (unpaired) electrons. The van der Waals surface area contributed by atoms with Crippen molar-refractivity contribution >= 4 is 28.1 Å². The minimum Gasteiger partial charge on any atom is -0.488 e. The monoisotopic (exact) mass is 420 g/mol. The van der Waals surface area contributed by atoms with Crippen LogP contribution in [0.2, 0.25) is 0 Å². The van der Waals surface area contributed by atoms with Gasteiger partial charge in [-0.2, -0.15) is 5.10 Å². The Morgan fingerprint density at radius 1 is 1.34 bits per heavy atom. The maximum atomic E-state index is 12.5. The van der Waals surface area contributed by atoms with Gasteiger partial charge in [-0.25, -0.2) is 9.48 Å². The van der Waals surface area contributed by atoms with E-state index < -0.39 is 11.5 Å². The third-order valence-electron chi connectivity index (χ3n) is 3.82. The molecule has 0 aromatic carbocycles. The van der Waals surface area contributed by atoms with E-state index in [0.29, 0.717) is 30.4 Å². The predicted molar refractivity (Wildman–Crippen MR) is 106 cm³/mol. The molecule has 0 aliphatic heterocycles. The smallest absolute Gasteiger partial charge is 0.381 e. The van der Waals surface area contributed by atoms with Gasteiger partial charge in [-0.1, -0.05) is 11.3 Å². The number of methoxy groups -OCH3 is 2. The van der Waals surface area contributed by atoms with Crippen LogP contribution in [0, 0.1) is 6.92 Å². The Hall–Kier alpha value is -3.25. The summed E-state index contributed by atoms with van der Waals surface area (Å²) in [6.45, 7) is 2.96. The van der Waals surface area contributed by atoms with Crippen molar-refractivity contribution < 1.29 is 18.7 Å². The van der Waals surface area contributed by atoms with E-state index in [2.05, 4.69) is 25.9 Å². The molecule has 3 heterocycles. The second kappa shape index (κ2) is 9.30. The molecule has 0 bridgehead atoms. The fourth-order valence-electron chi connectivity index (χ4n) is 2.44. The first-order chi connectivity index (χ1) is 14.0. The number of carbonyl (C=O) groups excluding carboxylic acids is 1. The second-order valence-corrected chi connectivity index (χ2v) is 6.80. The van der Waals surface area contributed by atoms with Crippen molar-refractivity contribution in [3.8, 4) is 10.9 Å². The highest BCUT2D eigenvalue weighted by molar-refractivity contribution is 7.17. The van der Waals surface area contributed by atoms with Gasteiger partial charge in [0.25, 0.3) is 5.91 Å². The van der Waals surface area contributed by atoms with Crippen molar-refractivity contribution in [1.29, 1.82) is 0 Å². The zero-order chi connectivity index (χ0) is 20.8. The Balaban J connectivity index is 1.76. The Labute approximate surface area is 169 Å². The number of rotatable bonds is 9. The van der Waals surface area contributed by atoms with E-state index in [0.717, 1.165) is 17.0 Å². The first-order valence-corrected chi connectivity index (χ1v) is 9.46. The fraction of sp³-hybridized carbons (Fsp3) is 0.353. The van der Waals surface area contributed by atoms with Crippen molar-refractivity contribution in [2.45, 2.75) is 13.3 Å². The Morgan fingerprint density at radius 2 is 2.17 bits per heavy atom. The fourth-order valence-corrected chi connectivity index (χ4v) is 3.20. The van der Waals surface area contributed by atoms with Crippen LogP contribution in [-0.4, -0.2) is 53.3 Å². The third kappa shape index (κ3) is 4.78. The number of carbonyl (C=O) groups is 1. The van der Waals surface area contributed by atoms with Gasteiger partial charge in [-0.15, -0.1) is 10.2 Å². The molecule has 0 saturated heterocycles. The van der Waals surface area contributed by atoms with Gasteiger partial charge in [0.1, 0.15) is 0 Å². The molecule has 11 nitrogen and oxygen atoms in total. The Kier molecular flexibility index (Phi) is 6.57. The molecule has 0 fully saturated rings. The maximum Gasteiger partial charge on any atom is 0.381 e. The average Bonchev–Trinajstić information content (AvgIpc) is 3.33. The average molecular weight is 420 g/mol. The molecular weight excluding hydrogens is 400 g/mol. The summed E-state index contributed by atoms with van der Waals surface area (Å²) in [5.74, 6) is -0.826. The highest BCUT2D eigenvalue weighted by atomic mass is 32.1. The van der Waals surface area contributed by atoms with E-state index >= 15 is 0 Å². The molecule has 3 rings (SSSR count). The SMILES string of the molecule is COCCCNc1cc(C(=O)Nc2nnc(-n3nccc3C)s2)oc(=O)c1OC. The lowest BCUT2D eigenvalue weighted by molar-refractivity contribution is 0.0991. The Bertz CT molecular complexity index is 1040. The van der Waals surface area contributed by atoms with E-state index in [4.69, 9.17) is 13.9 Å². The van der Waals surface area contributed by atoms with Gasteiger partial charge < -0.3 is 19.2 Å². The topological polar surface area (TPSA) is 133 Å². The molecule has 0 aliphatic carbocycles. The van der Waals surface area contributed by atoms with Gasteiger partial charge in [0, 0.05) is 38.2 Å². The summed E-state index contributed by atoms with van der Waals surface area (Å²) in [5.41, 5.74) is 0.471. The number of hydrogen-bond acceptors (Lipinski definition) is 10. The van der Waals surface area contributed by atoms with Crippen molar-refractivity contribution in [3.63, 3.8) is 0 Å². The lowest BCUT2D eigenvalue weighted by Crippen LogP contribution is -2.18. The van der Waals surface area contributed by atoms with Gasteiger partial charge >= 0.3 is 5.63 Å². The van der Waals surface area contributed by atoms with Crippen LogP contribution in [0.1, 0.15) is 22.7 Å². The van der Waals surface area contributed by atoms with Gasteiger partial charge in [-0.3, -0.25) is 10.1 Å². The quantitative estimate of drug-likeness (QED) is 0.496. The van der Waals surface area contributed by atoms with E-state index in [1.165, 1.54) is 13.2 Å². The molecule has 29 heavy (non-hydrogen) atoms. The van der Waals surface area contributed by atoms with Crippen molar-refractivity contribution in [2.24, 2.45) is 0 Å². The largest absolute Gasteiger partial charge is 0.488 e. The molecule has 0 unspecified atom stereocenters. The molecule has 0 atom stereocenters. The molecule has 3 aromatic heterocycles. The summed E-state index contributed by atoms with van der Waals surface area (Å²) in [6.07, 6.45) is 2.35. The number of amides is 1. The molecular formula is C17H20N6O5S. The number of hydrogen-bond donors (Lipinski definition) is 2. The first-order valence-electron chi connectivity index (χ1n) is 8.64.